The number of unbranched alkanes of at least 4 members (excludes halogenated alkanes) is 1. The van der Waals surface area contributed by atoms with E-state index in [0.29, 0.717) is 17.4 Å². The molecule has 0 amide bonds. The average Bonchev–Trinajstić information content (AvgIpc) is 2.45. The second kappa shape index (κ2) is 4.92. The summed E-state index contributed by atoms with van der Waals surface area (Å²) < 4.78 is 1.63. The van der Waals surface area contributed by atoms with Gasteiger partial charge in [-0.3, -0.25) is 19.3 Å². The fourth-order valence-corrected chi connectivity index (χ4v) is 2.39. The number of aryl methyl sites for hydroxylation is 1. The molecular formula is C15H15N3O2. The quantitative estimate of drug-likeness (QED) is 0.740. The van der Waals surface area contributed by atoms with Gasteiger partial charge in [0, 0.05) is 18.1 Å². The van der Waals surface area contributed by atoms with Crippen LogP contribution in [0.15, 0.2) is 40.1 Å². The van der Waals surface area contributed by atoms with Crippen LogP contribution in [0.25, 0.3) is 21.8 Å². The first kappa shape index (κ1) is 12.6. The van der Waals surface area contributed by atoms with E-state index in [2.05, 4.69) is 16.9 Å². The maximum Gasteiger partial charge on any atom is 0.328 e. The number of hydrogen-bond donors (Lipinski definition) is 1. The minimum absolute atomic E-state index is 0.348. The number of aromatic nitrogens is 3. The highest BCUT2D eigenvalue weighted by Gasteiger charge is 2.08. The number of aromatic amines is 1. The molecule has 5 nitrogen and oxygen atoms in total. The lowest BCUT2D eigenvalue weighted by molar-refractivity contribution is 0.617. The lowest BCUT2D eigenvalue weighted by Gasteiger charge is -2.09. The molecule has 3 rings (SSSR count). The van der Waals surface area contributed by atoms with Crippen molar-refractivity contribution in [3.05, 3.63) is 51.3 Å². The Bertz CT molecular complexity index is 893. The first-order valence-corrected chi connectivity index (χ1v) is 6.72. The normalized spacial score (nSPS) is 11.2. The molecule has 2 aromatic heterocycles. The number of nitrogens with one attached hydrogen (secondary N) is 1. The molecule has 2 heterocycles. The number of pyridine rings is 1. The molecule has 0 radical (unpaired) electrons. The van der Waals surface area contributed by atoms with Crippen molar-refractivity contribution in [3.8, 4) is 0 Å². The largest absolute Gasteiger partial charge is 0.328 e. The fourth-order valence-electron chi connectivity index (χ4n) is 2.39. The molecule has 0 saturated heterocycles. The summed E-state index contributed by atoms with van der Waals surface area (Å²) in [6.07, 6.45) is 3.57. The topological polar surface area (TPSA) is 67.8 Å². The zero-order chi connectivity index (χ0) is 14.1. The van der Waals surface area contributed by atoms with E-state index in [1.54, 1.807) is 16.8 Å². The zero-order valence-electron chi connectivity index (χ0n) is 11.2. The Hall–Kier alpha value is -2.43. The van der Waals surface area contributed by atoms with E-state index >= 15 is 0 Å². The Labute approximate surface area is 114 Å². The third-order valence-corrected chi connectivity index (χ3v) is 3.46. The van der Waals surface area contributed by atoms with Gasteiger partial charge in [-0.25, -0.2) is 4.79 Å². The lowest BCUT2D eigenvalue weighted by Crippen LogP contribution is -2.30. The van der Waals surface area contributed by atoms with Gasteiger partial charge >= 0.3 is 5.69 Å². The summed E-state index contributed by atoms with van der Waals surface area (Å²) in [5.74, 6) is 0. The molecule has 0 fully saturated rings. The van der Waals surface area contributed by atoms with E-state index in [-0.39, 0.29) is 11.2 Å². The summed E-state index contributed by atoms with van der Waals surface area (Å²) in [6.45, 7) is 2.67. The molecular weight excluding hydrogens is 254 g/mol. The Morgan fingerprint density at radius 1 is 1.30 bits per heavy atom. The van der Waals surface area contributed by atoms with Crippen LogP contribution in [-0.2, 0) is 6.54 Å². The highest BCUT2D eigenvalue weighted by molar-refractivity contribution is 5.94. The number of nitrogens with zero attached hydrogens (tertiary/aromatic N) is 2. The minimum atomic E-state index is -0.356. The van der Waals surface area contributed by atoms with Crippen molar-refractivity contribution in [2.24, 2.45) is 0 Å². The maximum absolute atomic E-state index is 12.0. The van der Waals surface area contributed by atoms with Gasteiger partial charge in [-0.15, -0.1) is 0 Å². The van der Waals surface area contributed by atoms with Crippen molar-refractivity contribution in [1.82, 2.24) is 14.5 Å². The van der Waals surface area contributed by atoms with Gasteiger partial charge in [0.2, 0.25) is 0 Å². The van der Waals surface area contributed by atoms with Crippen molar-refractivity contribution in [1.29, 1.82) is 0 Å². The van der Waals surface area contributed by atoms with E-state index in [1.807, 2.05) is 18.2 Å². The number of hydrogen-bond acceptors (Lipinski definition) is 3. The summed E-state index contributed by atoms with van der Waals surface area (Å²) in [4.78, 5) is 30.6. The summed E-state index contributed by atoms with van der Waals surface area (Å²) in [7, 11) is 0. The highest BCUT2D eigenvalue weighted by atomic mass is 16.2. The molecule has 1 aromatic carbocycles. The Balaban J connectivity index is 2.40. The second-order valence-electron chi connectivity index (χ2n) is 4.83. The van der Waals surface area contributed by atoms with Gasteiger partial charge in [0.15, 0.2) is 0 Å². The second-order valence-corrected chi connectivity index (χ2v) is 4.83. The Morgan fingerprint density at radius 2 is 2.15 bits per heavy atom. The molecule has 3 aromatic rings. The van der Waals surface area contributed by atoms with E-state index in [4.69, 9.17) is 0 Å². The van der Waals surface area contributed by atoms with Crippen molar-refractivity contribution < 1.29 is 0 Å². The van der Waals surface area contributed by atoms with Crippen LogP contribution in [0.5, 0.6) is 0 Å². The molecule has 0 unspecified atom stereocenters. The summed E-state index contributed by atoms with van der Waals surface area (Å²) in [5, 5.41) is 1.43. The summed E-state index contributed by atoms with van der Waals surface area (Å²) in [6, 6.07) is 7.38. The summed E-state index contributed by atoms with van der Waals surface area (Å²) >= 11 is 0. The fraction of sp³-hybridized carbons (Fsp3) is 0.267. The van der Waals surface area contributed by atoms with Gasteiger partial charge in [-0.1, -0.05) is 19.4 Å². The third kappa shape index (κ3) is 2.01. The predicted octanol–water partition coefficient (Wildman–Crippen LogP) is 2.04. The Kier molecular flexibility index (Phi) is 3.10. The lowest BCUT2D eigenvalue weighted by atomic mass is 10.1. The first-order chi connectivity index (χ1) is 9.70. The molecule has 102 valence electrons. The van der Waals surface area contributed by atoms with Crippen LogP contribution in [0.4, 0.5) is 0 Å². The summed E-state index contributed by atoms with van der Waals surface area (Å²) in [5.41, 5.74) is 0.725. The van der Waals surface area contributed by atoms with Crippen LogP contribution in [0.3, 0.4) is 0 Å². The van der Waals surface area contributed by atoms with E-state index in [9.17, 15) is 9.59 Å². The monoisotopic (exact) mass is 269 g/mol. The molecule has 1 N–H and O–H groups in total. The van der Waals surface area contributed by atoms with Crippen molar-refractivity contribution >= 4 is 21.8 Å². The van der Waals surface area contributed by atoms with Crippen LogP contribution in [-0.4, -0.2) is 14.5 Å². The van der Waals surface area contributed by atoms with Gasteiger partial charge in [0.1, 0.15) is 0 Å². The van der Waals surface area contributed by atoms with Crippen molar-refractivity contribution in [2.45, 2.75) is 26.3 Å². The average molecular weight is 269 g/mol. The number of fused-ring (bicyclic) bond motifs is 2. The van der Waals surface area contributed by atoms with E-state index in [1.165, 1.54) is 0 Å². The molecule has 0 aliphatic rings. The molecule has 0 saturated carbocycles. The van der Waals surface area contributed by atoms with Gasteiger partial charge < -0.3 is 0 Å². The van der Waals surface area contributed by atoms with Crippen LogP contribution >= 0.6 is 0 Å². The minimum Gasteiger partial charge on any atom is -0.293 e. The zero-order valence-corrected chi connectivity index (χ0v) is 11.2. The predicted molar refractivity (Wildman–Crippen MR) is 79.0 cm³/mol. The van der Waals surface area contributed by atoms with E-state index in [0.717, 1.165) is 23.7 Å². The van der Waals surface area contributed by atoms with Crippen molar-refractivity contribution in [3.63, 3.8) is 0 Å². The van der Waals surface area contributed by atoms with Gasteiger partial charge in [0.25, 0.3) is 5.56 Å². The smallest absolute Gasteiger partial charge is 0.293 e. The number of benzene rings is 1. The number of H-pyrrole nitrogens is 1. The Morgan fingerprint density at radius 3 is 2.95 bits per heavy atom. The first-order valence-electron chi connectivity index (χ1n) is 6.72. The molecule has 0 aliphatic heterocycles. The maximum atomic E-state index is 12.0. The molecule has 0 bridgehead atoms. The number of rotatable bonds is 3. The van der Waals surface area contributed by atoms with Crippen LogP contribution in [0, 0.1) is 0 Å². The van der Waals surface area contributed by atoms with Crippen LogP contribution in [0.2, 0.25) is 0 Å². The molecule has 20 heavy (non-hydrogen) atoms. The van der Waals surface area contributed by atoms with Gasteiger partial charge in [-0.05, 0) is 24.6 Å². The third-order valence-electron chi connectivity index (χ3n) is 3.46. The SMILES string of the molecule is CCCCn1c(=O)[nH]c(=O)c2cc3ncccc3cc21. The molecule has 0 aliphatic carbocycles. The standard InChI is InChI=1S/C15H15N3O2/c1-2-3-7-18-13-8-10-5-4-6-16-12(10)9-11(13)14(19)17-15(18)20/h4-6,8-9H,2-3,7H2,1H3,(H,17,19,20). The van der Waals surface area contributed by atoms with Gasteiger partial charge in [0.05, 0.1) is 16.4 Å². The van der Waals surface area contributed by atoms with Crippen molar-refractivity contribution in [2.75, 3.05) is 0 Å². The highest BCUT2D eigenvalue weighted by Crippen LogP contribution is 2.18. The van der Waals surface area contributed by atoms with Crippen LogP contribution < -0.4 is 11.2 Å². The molecule has 0 atom stereocenters. The molecule has 5 heteroatoms. The van der Waals surface area contributed by atoms with Gasteiger partial charge in [-0.2, -0.15) is 0 Å². The van der Waals surface area contributed by atoms with E-state index < -0.39 is 0 Å². The molecule has 0 spiro atoms. The van der Waals surface area contributed by atoms with Crippen LogP contribution in [0.1, 0.15) is 19.8 Å².